The van der Waals surface area contributed by atoms with Crippen molar-refractivity contribution in [1.29, 1.82) is 0 Å². The molecule has 1 aliphatic rings. The summed E-state index contributed by atoms with van der Waals surface area (Å²) in [6.45, 7) is 4.00. The van der Waals surface area contributed by atoms with Crippen molar-refractivity contribution in [2.75, 3.05) is 13.1 Å². The van der Waals surface area contributed by atoms with Gasteiger partial charge in [-0.1, -0.05) is 0 Å². The lowest BCUT2D eigenvalue weighted by molar-refractivity contribution is -0.0441. The number of sulfonamides is 1. The minimum absolute atomic E-state index is 0.110. The Labute approximate surface area is 124 Å². The smallest absolute Gasteiger partial charge is 0.371 e. The molecule has 112 valence electrons. The molecule has 0 bridgehead atoms. The van der Waals surface area contributed by atoms with Crippen LogP contribution >= 0.6 is 15.9 Å². The Bertz CT molecular complexity index is 615. The van der Waals surface area contributed by atoms with Crippen LogP contribution in [0.25, 0.3) is 0 Å². The van der Waals surface area contributed by atoms with Gasteiger partial charge in [-0.25, -0.2) is 13.2 Å². The zero-order valence-corrected chi connectivity index (χ0v) is 13.3. The second-order valence-electron chi connectivity index (χ2n) is 4.63. The number of carboxylic acids is 1. The maximum atomic E-state index is 12.5. The summed E-state index contributed by atoms with van der Waals surface area (Å²) in [6, 6.07) is 1.01. The Hall–Kier alpha value is -0.900. The number of halogens is 1. The van der Waals surface area contributed by atoms with Crippen LogP contribution in [0.15, 0.2) is 20.0 Å². The van der Waals surface area contributed by atoms with Crippen molar-refractivity contribution in [3.8, 4) is 0 Å². The van der Waals surface area contributed by atoms with Gasteiger partial charge in [-0.05, 0) is 29.8 Å². The van der Waals surface area contributed by atoms with E-state index in [9.17, 15) is 13.2 Å². The fourth-order valence-corrected chi connectivity index (χ4v) is 4.59. The molecule has 2 heterocycles. The molecule has 0 aliphatic carbocycles. The fourth-order valence-electron chi connectivity index (χ4n) is 2.10. The molecule has 9 heteroatoms. The highest BCUT2D eigenvalue weighted by Crippen LogP contribution is 2.30. The van der Waals surface area contributed by atoms with Gasteiger partial charge in [-0.3, -0.25) is 0 Å². The Morgan fingerprint density at radius 1 is 1.40 bits per heavy atom. The third-order valence-electron chi connectivity index (χ3n) is 2.87. The Morgan fingerprint density at radius 2 is 1.95 bits per heavy atom. The summed E-state index contributed by atoms with van der Waals surface area (Å²) in [4.78, 5) is 10.6. The molecule has 1 aliphatic heterocycles. The van der Waals surface area contributed by atoms with E-state index in [4.69, 9.17) is 14.3 Å². The molecule has 0 spiro atoms. The number of nitrogens with zero attached hydrogens (tertiary/aromatic N) is 1. The molecule has 1 fully saturated rings. The molecule has 2 atom stereocenters. The van der Waals surface area contributed by atoms with Gasteiger partial charge in [0.25, 0.3) is 0 Å². The van der Waals surface area contributed by atoms with Gasteiger partial charge < -0.3 is 14.3 Å². The highest BCUT2D eigenvalue weighted by atomic mass is 79.9. The quantitative estimate of drug-likeness (QED) is 0.869. The normalized spacial score (nSPS) is 24.8. The van der Waals surface area contributed by atoms with Gasteiger partial charge in [0.1, 0.15) is 4.90 Å². The number of carboxylic acid groups (broad SMARTS) is 1. The number of ether oxygens (including phenoxy) is 1. The van der Waals surface area contributed by atoms with Gasteiger partial charge in [0.15, 0.2) is 4.67 Å². The lowest BCUT2D eigenvalue weighted by Gasteiger charge is -2.34. The molecule has 0 saturated carbocycles. The summed E-state index contributed by atoms with van der Waals surface area (Å²) in [6.07, 6.45) is -0.448. The Kier molecular flexibility index (Phi) is 4.24. The second kappa shape index (κ2) is 5.47. The largest absolute Gasteiger partial charge is 0.475 e. The van der Waals surface area contributed by atoms with E-state index >= 15 is 0 Å². The Morgan fingerprint density at radius 3 is 2.40 bits per heavy atom. The van der Waals surface area contributed by atoms with Gasteiger partial charge in [-0.15, -0.1) is 0 Å². The van der Waals surface area contributed by atoms with E-state index in [2.05, 4.69) is 15.9 Å². The van der Waals surface area contributed by atoms with Gasteiger partial charge >= 0.3 is 5.97 Å². The third kappa shape index (κ3) is 2.90. The molecule has 20 heavy (non-hydrogen) atoms. The zero-order valence-electron chi connectivity index (χ0n) is 10.9. The molecule has 1 aromatic rings. The van der Waals surface area contributed by atoms with Crippen LogP contribution in [-0.2, 0) is 14.8 Å². The summed E-state index contributed by atoms with van der Waals surface area (Å²) in [7, 11) is -3.82. The lowest BCUT2D eigenvalue weighted by atomic mass is 10.3. The maximum absolute atomic E-state index is 12.5. The first kappa shape index (κ1) is 15.5. The molecule has 2 unspecified atom stereocenters. The second-order valence-corrected chi connectivity index (χ2v) is 7.26. The Balaban J connectivity index is 2.37. The molecule has 1 N–H and O–H groups in total. The molecule has 0 aromatic carbocycles. The van der Waals surface area contributed by atoms with Crippen LogP contribution in [0.5, 0.6) is 0 Å². The average Bonchev–Trinajstić information content (AvgIpc) is 2.71. The van der Waals surface area contributed by atoms with Gasteiger partial charge in [0.05, 0.1) is 12.2 Å². The molecular formula is C11H14BrNO6S. The van der Waals surface area contributed by atoms with E-state index < -0.39 is 21.8 Å². The molecular weight excluding hydrogens is 354 g/mol. The van der Waals surface area contributed by atoms with Crippen molar-refractivity contribution < 1.29 is 27.5 Å². The fraction of sp³-hybridized carbons (Fsp3) is 0.545. The molecule has 7 nitrogen and oxygen atoms in total. The van der Waals surface area contributed by atoms with Crippen LogP contribution in [0.4, 0.5) is 0 Å². The van der Waals surface area contributed by atoms with Gasteiger partial charge in [0.2, 0.25) is 15.8 Å². The number of hydrogen-bond donors (Lipinski definition) is 1. The minimum atomic E-state index is -3.82. The summed E-state index contributed by atoms with van der Waals surface area (Å²) < 4.78 is 36.6. The van der Waals surface area contributed by atoms with Crippen LogP contribution in [0, 0.1) is 0 Å². The first-order chi connectivity index (χ1) is 9.21. The number of furan rings is 1. The molecule has 0 amide bonds. The summed E-state index contributed by atoms with van der Waals surface area (Å²) in [5, 5.41) is 8.84. The van der Waals surface area contributed by atoms with Crippen LogP contribution in [0.3, 0.4) is 0 Å². The van der Waals surface area contributed by atoms with Crippen LogP contribution in [0.1, 0.15) is 24.4 Å². The molecule has 1 aromatic heterocycles. The van der Waals surface area contributed by atoms with E-state index in [1.165, 1.54) is 4.31 Å². The standard InChI is InChI=1S/C11H14BrNO6S/c1-6-4-13(5-7(2)18-6)20(16,17)9-3-8(11(14)15)19-10(9)12/h3,6-7H,4-5H2,1-2H3,(H,14,15). The topological polar surface area (TPSA) is 97.1 Å². The van der Waals surface area contributed by atoms with Gasteiger partial charge in [-0.2, -0.15) is 4.31 Å². The zero-order chi connectivity index (χ0) is 15.1. The summed E-state index contributed by atoms with van der Waals surface area (Å²) in [5.74, 6) is -1.75. The van der Waals surface area contributed by atoms with Crippen molar-refractivity contribution in [3.05, 3.63) is 16.5 Å². The monoisotopic (exact) mass is 367 g/mol. The van der Waals surface area contributed by atoms with Crippen molar-refractivity contribution >= 4 is 31.9 Å². The number of rotatable bonds is 3. The first-order valence-corrected chi connectivity index (χ1v) is 8.13. The van der Waals surface area contributed by atoms with Crippen molar-refractivity contribution in [1.82, 2.24) is 4.31 Å². The minimum Gasteiger partial charge on any atom is -0.475 e. The highest BCUT2D eigenvalue weighted by Gasteiger charge is 2.35. The van der Waals surface area contributed by atoms with Crippen molar-refractivity contribution in [2.24, 2.45) is 0 Å². The van der Waals surface area contributed by atoms with E-state index in [1.807, 2.05) is 0 Å². The highest BCUT2D eigenvalue weighted by molar-refractivity contribution is 9.10. The molecule has 1 saturated heterocycles. The van der Waals surface area contributed by atoms with E-state index in [0.717, 1.165) is 6.07 Å². The SMILES string of the molecule is CC1CN(S(=O)(=O)c2cc(C(=O)O)oc2Br)CC(C)O1. The van der Waals surface area contributed by atoms with Crippen LogP contribution in [-0.4, -0.2) is 49.1 Å². The predicted molar refractivity (Wildman–Crippen MR) is 72.1 cm³/mol. The number of carbonyl (C=O) groups is 1. The average molecular weight is 368 g/mol. The van der Waals surface area contributed by atoms with Gasteiger partial charge in [0, 0.05) is 19.2 Å². The predicted octanol–water partition coefficient (Wildman–Crippen LogP) is 1.54. The van der Waals surface area contributed by atoms with Crippen LogP contribution < -0.4 is 0 Å². The van der Waals surface area contributed by atoms with Crippen molar-refractivity contribution in [2.45, 2.75) is 31.0 Å². The van der Waals surface area contributed by atoms with Crippen molar-refractivity contribution in [3.63, 3.8) is 0 Å². The molecule has 0 radical (unpaired) electrons. The van der Waals surface area contributed by atoms with Crippen LogP contribution in [0.2, 0.25) is 0 Å². The number of aromatic carboxylic acids is 1. The number of hydrogen-bond acceptors (Lipinski definition) is 5. The number of morpholine rings is 1. The third-order valence-corrected chi connectivity index (χ3v) is 5.56. The summed E-state index contributed by atoms with van der Waals surface area (Å²) >= 11 is 2.95. The first-order valence-electron chi connectivity index (χ1n) is 5.90. The van der Waals surface area contributed by atoms with E-state index in [-0.39, 0.29) is 34.9 Å². The van der Waals surface area contributed by atoms with E-state index in [1.54, 1.807) is 13.8 Å². The van der Waals surface area contributed by atoms with E-state index in [0.29, 0.717) is 0 Å². The summed E-state index contributed by atoms with van der Waals surface area (Å²) in [5.41, 5.74) is 0. The maximum Gasteiger partial charge on any atom is 0.371 e. The lowest BCUT2D eigenvalue weighted by Crippen LogP contribution is -2.48. The molecule has 2 rings (SSSR count).